The van der Waals surface area contributed by atoms with Crippen LogP contribution in [0.1, 0.15) is 48.5 Å². The van der Waals surface area contributed by atoms with E-state index in [9.17, 15) is 4.79 Å². The Labute approximate surface area is 114 Å². The molecule has 100 valence electrons. The van der Waals surface area contributed by atoms with Crippen LogP contribution < -0.4 is 21.0 Å². The van der Waals surface area contributed by atoms with Crippen molar-refractivity contribution in [1.82, 2.24) is 0 Å². The van der Waals surface area contributed by atoms with Crippen LogP contribution in [0, 0.1) is 0 Å². The Morgan fingerprint density at radius 2 is 1.53 bits per heavy atom. The molecule has 0 saturated carbocycles. The first-order chi connectivity index (χ1) is 7.43. The predicted octanol–water partition coefficient (Wildman–Crippen LogP) is -0.401. The topological polar surface area (TPSA) is 44.8 Å². The van der Waals surface area contributed by atoms with E-state index < -0.39 is 31.6 Å². The zero-order chi connectivity index (χ0) is 13.5. The number of carbonyl (C=O) groups excluding carboxylic acids is 1. The fourth-order valence-corrected chi connectivity index (χ4v) is 3.88. The summed E-state index contributed by atoms with van der Waals surface area (Å²) in [6.45, 7) is 13.5. The molecular formula is C11H21BIO4-. The number of carbonyl (C=O) groups is 1. The van der Waals surface area contributed by atoms with E-state index in [0.29, 0.717) is 0 Å². The third kappa shape index (κ3) is 4.10. The van der Waals surface area contributed by atoms with Gasteiger partial charge in [-0.2, -0.15) is 0 Å². The monoisotopic (exact) mass is 355 g/mol. The molecule has 0 aromatic carbocycles. The molecule has 1 saturated heterocycles. The molecule has 0 radical (unpaired) electrons. The van der Waals surface area contributed by atoms with Crippen molar-refractivity contribution < 1.29 is 39.8 Å². The standard InChI is InChI=1S/C11H21BIO4/c1-9(2,3)15-8(14)13-12-16-10(4,5)11(6,7)17-12/h1-7H3/q-1. The van der Waals surface area contributed by atoms with Crippen molar-refractivity contribution in [3.63, 3.8) is 0 Å². The Bertz CT molecular complexity index is 293. The van der Waals surface area contributed by atoms with Crippen LogP contribution in [0.25, 0.3) is 0 Å². The van der Waals surface area contributed by atoms with Gasteiger partial charge in [-0.15, -0.1) is 0 Å². The molecule has 1 aliphatic heterocycles. The van der Waals surface area contributed by atoms with Gasteiger partial charge in [-0.1, -0.05) is 0 Å². The summed E-state index contributed by atoms with van der Waals surface area (Å²) in [7, 11) is 0. The van der Waals surface area contributed by atoms with Crippen LogP contribution in [0.5, 0.6) is 0 Å². The maximum atomic E-state index is 11.7. The first-order valence-electron chi connectivity index (χ1n) is 5.65. The molecule has 1 rings (SSSR count). The molecule has 6 heteroatoms. The molecule has 0 atom stereocenters. The molecule has 0 N–H and O–H groups in total. The molecule has 0 unspecified atom stereocenters. The van der Waals surface area contributed by atoms with E-state index >= 15 is 0 Å². The second kappa shape index (κ2) is 4.70. The third-order valence-corrected chi connectivity index (χ3v) is 4.53. The van der Waals surface area contributed by atoms with Gasteiger partial charge in [0.2, 0.25) is 0 Å². The van der Waals surface area contributed by atoms with Crippen LogP contribution in [0.4, 0.5) is 4.79 Å². The van der Waals surface area contributed by atoms with Gasteiger partial charge in [0, 0.05) is 0 Å². The van der Waals surface area contributed by atoms with Gasteiger partial charge >= 0.3 is 114 Å². The quantitative estimate of drug-likeness (QED) is 0.384. The van der Waals surface area contributed by atoms with E-state index in [4.69, 9.17) is 14.0 Å². The Kier molecular flexibility index (Phi) is 4.21. The first-order valence-corrected chi connectivity index (χ1v) is 7.97. The molecule has 4 nitrogen and oxygen atoms in total. The van der Waals surface area contributed by atoms with Crippen LogP contribution in [-0.4, -0.2) is 25.8 Å². The van der Waals surface area contributed by atoms with Crippen molar-refractivity contribution in [2.75, 3.05) is 0 Å². The van der Waals surface area contributed by atoms with E-state index in [1.807, 2.05) is 48.5 Å². The van der Waals surface area contributed by atoms with Gasteiger partial charge in [0.05, 0.1) is 0 Å². The molecule has 17 heavy (non-hydrogen) atoms. The minimum atomic E-state index is -0.932. The molecular weight excluding hydrogens is 334 g/mol. The Balaban J connectivity index is 2.54. The number of rotatable bonds is 2. The van der Waals surface area contributed by atoms with E-state index in [0.717, 1.165) is 0 Å². The van der Waals surface area contributed by atoms with Crippen molar-refractivity contribution >= 4 is 8.95 Å². The predicted molar refractivity (Wildman–Crippen MR) is 62.3 cm³/mol. The summed E-state index contributed by atoms with van der Waals surface area (Å²) in [5.74, 6) is 0. The summed E-state index contributed by atoms with van der Waals surface area (Å²) in [5.41, 5.74) is -1.20. The fourth-order valence-electron chi connectivity index (χ4n) is 1.15. The van der Waals surface area contributed by atoms with Crippen LogP contribution >= 0.6 is 0 Å². The van der Waals surface area contributed by atoms with E-state index in [2.05, 4.69) is 0 Å². The summed E-state index contributed by atoms with van der Waals surface area (Å²) >= 11 is -0.932. The van der Waals surface area contributed by atoms with Gasteiger partial charge in [0.25, 0.3) is 0 Å². The van der Waals surface area contributed by atoms with Gasteiger partial charge in [0.15, 0.2) is 0 Å². The average Bonchev–Trinajstić information content (AvgIpc) is 2.13. The third-order valence-electron chi connectivity index (χ3n) is 2.79. The summed E-state index contributed by atoms with van der Waals surface area (Å²) < 4.78 is 16.7. The normalized spacial score (nSPS) is 22.9. The van der Waals surface area contributed by atoms with Crippen molar-refractivity contribution in [3.05, 3.63) is 0 Å². The van der Waals surface area contributed by atoms with Gasteiger partial charge in [-0.3, -0.25) is 0 Å². The van der Waals surface area contributed by atoms with E-state index in [1.54, 1.807) is 0 Å². The van der Waals surface area contributed by atoms with Crippen molar-refractivity contribution in [1.29, 1.82) is 0 Å². The van der Waals surface area contributed by atoms with Crippen LogP contribution in [-0.2, 0) is 14.0 Å². The second-order valence-corrected chi connectivity index (χ2v) is 8.61. The fraction of sp³-hybridized carbons (Fsp3) is 0.909. The Hall–Kier alpha value is 0.185. The van der Waals surface area contributed by atoms with Crippen LogP contribution in [0.2, 0.25) is 0 Å². The molecule has 0 aliphatic carbocycles. The molecule has 1 heterocycles. The number of halogens is 1. The molecule has 0 aromatic heterocycles. The van der Waals surface area contributed by atoms with Gasteiger partial charge in [-0.25, -0.2) is 0 Å². The van der Waals surface area contributed by atoms with E-state index in [1.165, 1.54) is 0 Å². The van der Waals surface area contributed by atoms with Crippen molar-refractivity contribution in [2.45, 2.75) is 65.3 Å². The number of hydrogen-bond donors (Lipinski definition) is 0. The van der Waals surface area contributed by atoms with Crippen LogP contribution in [0.3, 0.4) is 0 Å². The summed E-state index contributed by atoms with van der Waals surface area (Å²) in [6.07, 6.45) is 0. The number of hydrogen-bond acceptors (Lipinski definition) is 4. The molecule has 1 aliphatic rings. The van der Waals surface area contributed by atoms with Gasteiger partial charge < -0.3 is 0 Å². The zero-order valence-electron chi connectivity index (χ0n) is 11.6. The molecule has 0 bridgehead atoms. The van der Waals surface area contributed by atoms with E-state index in [-0.39, 0.29) is 15.2 Å². The van der Waals surface area contributed by atoms with Gasteiger partial charge in [0.1, 0.15) is 0 Å². The summed E-state index contributed by atoms with van der Waals surface area (Å²) in [5, 5.41) is 0. The first kappa shape index (κ1) is 15.2. The SMILES string of the molecule is CC(C)(C)OC(=O)[I-]B1OC(C)(C)C(C)(C)O1. The van der Waals surface area contributed by atoms with Crippen molar-refractivity contribution in [3.8, 4) is 0 Å². The van der Waals surface area contributed by atoms with Crippen molar-refractivity contribution in [2.24, 2.45) is 0 Å². The summed E-state index contributed by atoms with van der Waals surface area (Å²) in [6, 6.07) is 0. The summed E-state index contributed by atoms with van der Waals surface area (Å²) in [4.78, 5) is 11.3. The minimum absolute atomic E-state index is 0.185. The zero-order valence-corrected chi connectivity index (χ0v) is 13.7. The molecule has 0 spiro atoms. The Morgan fingerprint density at radius 3 is 1.88 bits per heavy atom. The second-order valence-electron chi connectivity index (χ2n) is 6.09. The number of ether oxygens (including phenoxy) is 1. The Morgan fingerprint density at radius 1 is 1.12 bits per heavy atom. The maximum absolute atomic E-state index is 11.7. The van der Waals surface area contributed by atoms with Gasteiger partial charge in [-0.05, 0) is 0 Å². The van der Waals surface area contributed by atoms with Crippen LogP contribution in [0.15, 0.2) is 0 Å². The average molecular weight is 355 g/mol. The molecule has 0 aromatic rings. The molecule has 0 amide bonds. The molecule has 1 fully saturated rings.